The lowest BCUT2D eigenvalue weighted by atomic mass is 10.2. The number of halogens is 2. The number of alkyl halides is 1. The molecule has 0 bridgehead atoms. The zero-order valence-electron chi connectivity index (χ0n) is 8.74. The highest BCUT2D eigenvalue weighted by molar-refractivity contribution is 9.11. The van der Waals surface area contributed by atoms with E-state index in [1.165, 1.54) is 11.3 Å². The molecule has 1 rings (SSSR count). The molecule has 0 spiro atoms. The highest BCUT2D eigenvalue weighted by atomic mass is 79.9. The first-order valence-electron chi connectivity index (χ1n) is 4.79. The fraction of sp³-hybridized carbons (Fsp3) is 0.556. The predicted octanol–water partition coefficient (Wildman–Crippen LogP) is 3.20. The van der Waals surface area contributed by atoms with Crippen molar-refractivity contribution in [3.8, 4) is 0 Å². The number of nitrogens with one attached hydrogen (secondary N) is 1. The molecule has 0 aliphatic heterocycles. The topological polar surface area (TPSA) is 46.2 Å². The summed E-state index contributed by atoms with van der Waals surface area (Å²) in [5, 5.41) is 0. The van der Waals surface area contributed by atoms with Gasteiger partial charge in [0, 0.05) is 11.9 Å². The number of thiophene rings is 1. The third-order valence-electron chi connectivity index (χ3n) is 1.94. The number of hydrogen-bond acceptors (Lipinski definition) is 3. The Morgan fingerprint density at radius 2 is 2.25 bits per heavy atom. The normalized spacial score (nSPS) is 13.9. The van der Waals surface area contributed by atoms with Crippen molar-refractivity contribution in [1.82, 2.24) is 4.72 Å². The first-order valence-corrected chi connectivity index (χ1v) is 8.42. The second-order valence-corrected chi connectivity index (χ2v) is 8.19. The summed E-state index contributed by atoms with van der Waals surface area (Å²) in [6, 6.07) is 3.22. The van der Waals surface area contributed by atoms with E-state index in [-0.39, 0.29) is 6.04 Å². The van der Waals surface area contributed by atoms with Crippen molar-refractivity contribution < 1.29 is 8.42 Å². The molecule has 3 nitrogen and oxygen atoms in total. The van der Waals surface area contributed by atoms with E-state index in [9.17, 15) is 8.42 Å². The van der Waals surface area contributed by atoms with Crippen LogP contribution >= 0.6 is 38.9 Å². The minimum absolute atomic E-state index is 0.0929. The van der Waals surface area contributed by atoms with Crippen LogP contribution in [-0.4, -0.2) is 20.3 Å². The number of rotatable bonds is 6. The minimum Gasteiger partial charge on any atom is -0.208 e. The molecule has 1 atom stereocenters. The third kappa shape index (κ3) is 4.33. The Bertz CT molecular complexity index is 432. The molecule has 0 fully saturated rings. The summed E-state index contributed by atoms with van der Waals surface area (Å²) in [5.41, 5.74) is 0. The Balaban J connectivity index is 2.65. The first-order chi connectivity index (χ1) is 7.45. The van der Waals surface area contributed by atoms with Gasteiger partial charge in [-0.3, -0.25) is 0 Å². The standard InChI is InChI=1S/C9H13BrClNO2S2/c1-7(3-2-6-11)12-16(13,14)9-5-4-8(10)15-9/h4-5,7,12H,2-3,6H2,1H3. The minimum atomic E-state index is -3.37. The zero-order chi connectivity index (χ0) is 12.2. The molecule has 1 N–H and O–H groups in total. The monoisotopic (exact) mass is 345 g/mol. The van der Waals surface area contributed by atoms with Gasteiger partial charge in [-0.15, -0.1) is 22.9 Å². The van der Waals surface area contributed by atoms with Crippen molar-refractivity contribution in [2.24, 2.45) is 0 Å². The second-order valence-electron chi connectivity index (χ2n) is 3.41. The Morgan fingerprint density at radius 1 is 1.56 bits per heavy atom. The lowest BCUT2D eigenvalue weighted by Gasteiger charge is -2.12. The molecule has 0 saturated carbocycles. The fourth-order valence-electron chi connectivity index (χ4n) is 1.21. The molecule has 0 radical (unpaired) electrons. The Kier molecular flexibility index (Phi) is 5.73. The van der Waals surface area contributed by atoms with E-state index >= 15 is 0 Å². The average molecular weight is 347 g/mol. The van der Waals surface area contributed by atoms with E-state index in [0.717, 1.165) is 16.6 Å². The highest BCUT2D eigenvalue weighted by Gasteiger charge is 2.18. The van der Waals surface area contributed by atoms with E-state index in [1.54, 1.807) is 12.1 Å². The van der Waals surface area contributed by atoms with Gasteiger partial charge in [0.25, 0.3) is 0 Å². The van der Waals surface area contributed by atoms with E-state index in [4.69, 9.17) is 11.6 Å². The van der Waals surface area contributed by atoms with Gasteiger partial charge in [-0.2, -0.15) is 0 Å². The van der Waals surface area contributed by atoms with E-state index < -0.39 is 10.0 Å². The van der Waals surface area contributed by atoms with Crippen LogP contribution in [-0.2, 0) is 10.0 Å². The van der Waals surface area contributed by atoms with Crippen LogP contribution in [0.4, 0.5) is 0 Å². The lowest BCUT2D eigenvalue weighted by Crippen LogP contribution is -2.32. The van der Waals surface area contributed by atoms with Crippen molar-refractivity contribution >= 4 is 48.9 Å². The highest BCUT2D eigenvalue weighted by Crippen LogP contribution is 2.26. The van der Waals surface area contributed by atoms with Crippen LogP contribution in [0, 0.1) is 0 Å². The first kappa shape index (κ1) is 14.4. The molecular formula is C9H13BrClNO2S2. The van der Waals surface area contributed by atoms with Gasteiger partial charge >= 0.3 is 0 Å². The zero-order valence-corrected chi connectivity index (χ0v) is 12.7. The molecule has 0 aromatic carbocycles. The quantitative estimate of drug-likeness (QED) is 0.804. The molecule has 1 aromatic heterocycles. The summed E-state index contributed by atoms with van der Waals surface area (Å²) in [6.07, 6.45) is 1.55. The van der Waals surface area contributed by atoms with Crippen LogP contribution in [0.1, 0.15) is 19.8 Å². The Hall–Kier alpha value is 0.380. The molecule has 1 aromatic rings. The molecule has 1 heterocycles. The largest absolute Gasteiger partial charge is 0.250 e. The van der Waals surface area contributed by atoms with Crippen molar-refractivity contribution in [2.75, 3.05) is 5.88 Å². The maximum atomic E-state index is 11.9. The SMILES string of the molecule is CC(CCCCl)NS(=O)(=O)c1ccc(Br)s1. The van der Waals surface area contributed by atoms with Crippen molar-refractivity contribution in [3.63, 3.8) is 0 Å². The summed E-state index contributed by atoms with van der Waals surface area (Å²) in [7, 11) is -3.37. The van der Waals surface area contributed by atoms with E-state index in [0.29, 0.717) is 10.1 Å². The van der Waals surface area contributed by atoms with Gasteiger partial charge in [0.2, 0.25) is 10.0 Å². The molecular weight excluding hydrogens is 334 g/mol. The molecule has 92 valence electrons. The van der Waals surface area contributed by atoms with Gasteiger partial charge in [0.05, 0.1) is 3.79 Å². The number of hydrogen-bond donors (Lipinski definition) is 1. The van der Waals surface area contributed by atoms with Crippen molar-refractivity contribution in [2.45, 2.75) is 30.0 Å². The average Bonchev–Trinajstić information content (AvgIpc) is 2.62. The summed E-state index contributed by atoms with van der Waals surface area (Å²) < 4.78 is 27.5. The second kappa shape index (κ2) is 6.35. The molecule has 0 amide bonds. The molecule has 0 aliphatic carbocycles. The molecule has 16 heavy (non-hydrogen) atoms. The van der Waals surface area contributed by atoms with Crippen molar-refractivity contribution in [3.05, 3.63) is 15.9 Å². The third-order valence-corrected chi connectivity index (χ3v) is 5.91. The van der Waals surface area contributed by atoms with E-state index in [1.807, 2.05) is 6.92 Å². The van der Waals surface area contributed by atoms with Gasteiger partial charge < -0.3 is 0 Å². The maximum absolute atomic E-state index is 11.9. The molecule has 0 aliphatic rings. The van der Waals surface area contributed by atoms with Gasteiger partial charge in [-0.1, -0.05) is 0 Å². The number of sulfonamides is 1. The summed E-state index contributed by atoms with van der Waals surface area (Å²) in [6.45, 7) is 1.84. The summed E-state index contributed by atoms with van der Waals surface area (Å²) >= 11 is 10.00. The smallest absolute Gasteiger partial charge is 0.208 e. The predicted molar refractivity (Wildman–Crippen MR) is 71.8 cm³/mol. The van der Waals surface area contributed by atoms with Gasteiger partial charge in [-0.25, -0.2) is 13.1 Å². The Labute approximate surface area is 113 Å². The summed E-state index contributed by atoms with van der Waals surface area (Å²) in [4.78, 5) is 0. The summed E-state index contributed by atoms with van der Waals surface area (Å²) in [5.74, 6) is 0.552. The van der Waals surface area contributed by atoms with Gasteiger partial charge in [0.15, 0.2) is 0 Å². The van der Waals surface area contributed by atoms with Crippen LogP contribution in [0.2, 0.25) is 0 Å². The van der Waals surface area contributed by atoms with Crippen LogP contribution in [0.15, 0.2) is 20.1 Å². The van der Waals surface area contributed by atoms with E-state index in [2.05, 4.69) is 20.7 Å². The molecule has 7 heteroatoms. The van der Waals surface area contributed by atoms with Crippen LogP contribution in [0.25, 0.3) is 0 Å². The van der Waals surface area contributed by atoms with Crippen LogP contribution in [0.3, 0.4) is 0 Å². The maximum Gasteiger partial charge on any atom is 0.250 e. The van der Waals surface area contributed by atoms with Gasteiger partial charge in [-0.05, 0) is 47.8 Å². The molecule has 0 saturated heterocycles. The van der Waals surface area contributed by atoms with Crippen molar-refractivity contribution in [1.29, 1.82) is 0 Å². The van der Waals surface area contributed by atoms with Gasteiger partial charge in [0.1, 0.15) is 4.21 Å². The molecule has 1 unspecified atom stereocenters. The van der Waals surface area contributed by atoms with Crippen LogP contribution in [0.5, 0.6) is 0 Å². The fourth-order valence-corrected chi connectivity index (χ4v) is 4.67. The Morgan fingerprint density at radius 3 is 2.75 bits per heavy atom. The van der Waals surface area contributed by atoms with Crippen LogP contribution < -0.4 is 4.72 Å². The lowest BCUT2D eigenvalue weighted by molar-refractivity contribution is 0.546.